The van der Waals surface area contributed by atoms with Crippen LogP contribution in [0.5, 0.6) is 0 Å². The maximum atomic E-state index is 3.57. The number of benzene rings is 1. The first-order chi connectivity index (χ1) is 8.24. The fraction of sp³-hybridized carbons (Fsp3) is 0.571. The van der Waals surface area contributed by atoms with Gasteiger partial charge in [0.05, 0.1) is 6.67 Å². The summed E-state index contributed by atoms with van der Waals surface area (Å²) in [4.78, 5) is 2.39. The molecule has 0 aliphatic carbocycles. The lowest BCUT2D eigenvalue weighted by atomic mass is 10.1. The van der Waals surface area contributed by atoms with Crippen molar-refractivity contribution in [3.05, 3.63) is 29.8 Å². The molecule has 0 atom stereocenters. The predicted octanol–water partition coefficient (Wildman–Crippen LogP) is 2.05. The lowest BCUT2D eigenvalue weighted by Crippen LogP contribution is -2.42. The van der Waals surface area contributed by atoms with Gasteiger partial charge in [0, 0.05) is 11.7 Å². The van der Waals surface area contributed by atoms with Crippen molar-refractivity contribution in [1.82, 2.24) is 10.2 Å². The minimum absolute atomic E-state index is 0.671. The van der Waals surface area contributed by atoms with E-state index in [1.807, 2.05) is 0 Å². The minimum Gasteiger partial charge on any atom is -0.372 e. The molecular weight excluding hydrogens is 210 g/mol. The average molecular weight is 233 g/mol. The standard InChI is InChI=1S/C14H23N3/c1-12-3-5-13(6-4-12)15-11-16-14-7-9-17(2)10-8-14/h3-6,14-16H,7-11H2,1-2H3. The Morgan fingerprint density at radius 1 is 1.18 bits per heavy atom. The normalized spacial score (nSPS) is 18.2. The van der Waals surface area contributed by atoms with Gasteiger partial charge in [-0.3, -0.25) is 5.32 Å². The highest BCUT2D eigenvalue weighted by atomic mass is 15.1. The second-order valence-electron chi connectivity index (χ2n) is 5.00. The van der Waals surface area contributed by atoms with E-state index in [2.05, 4.69) is 53.8 Å². The fourth-order valence-electron chi connectivity index (χ4n) is 2.18. The average Bonchev–Trinajstić information content (AvgIpc) is 2.34. The van der Waals surface area contributed by atoms with Gasteiger partial charge in [-0.25, -0.2) is 0 Å². The molecule has 0 radical (unpaired) electrons. The highest BCUT2D eigenvalue weighted by Crippen LogP contribution is 2.09. The molecule has 0 aromatic heterocycles. The Kier molecular flexibility index (Phi) is 4.40. The molecule has 2 N–H and O–H groups in total. The number of likely N-dealkylation sites (tertiary alicyclic amines) is 1. The quantitative estimate of drug-likeness (QED) is 0.779. The predicted molar refractivity (Wildman–Crippen MR) is 73.3 cm³/mol. The third-order valence-electron chi connectivity index (χ3n) is 3.45. The molecule has 0 unspecified atom stereocenters. The molecule has 0 spiro atoms. The number of aryl methyl sites for hydroxylation is 1. The lowest BCUT2D eigenvalue weighted by molar-refractivity contribution is 0.237. The van der Waals surface area contributed by atoms with Crippen LogP contribution in [0.25, 0.3) is 0 Å². The van der Waals surface area contributed by atoms with Gasteiger partial charge in [0.1, 0.15) is 0 Å². The highest BCUT2D eigenvalue weighted by Gasteiger charge is 2.15. The third kappa shape index (κ3) is 4.02. The number of rotatable bonds is 4. The van der Waals surface area contributed by atoms with E-state index >= 15 is 0 Å². The molecule has 0 amide bonds. The van der Waals surface area contributed by atoms with Gasteiger partial charge in [-0.1, -0.05) is 17.7 Å². The molecule has 1 aliphatic heterocycles. The van der Waals surface area contributed by atoms with Crippen LogP contribution in [0.3, 0.4) is 0 Å². The Hall–Kier alpha value is -1.06. The smallest absolute Gasteiger partial charge is 0.0655 e. The molecule has 1 aromatic rings. The molecular formula is C14H23N3. The highest BCUT2D eigenvalue weighted by molar-refractivity contribution is 5.44. The van der Waals surface area contributed by atoms with Gasteiger partial charge in [-0.15, -0.1) is 0 Å². The Morgan fingerprint density at radius 3 is 2.47 bits per heavy atom. The van der Waals surface area contributed by atoms with Crippen molar-refractivity contribution in [1.29, 1.82) is 0 Å². The van der Waals surface area contributed by atoms with Crippen LogP contribution in [-0.4, -0.2) is 37.7 Å². The van der Waals surface area contributed by atoms with E-state index in [0.717, 1.165) is 6.67 Å². The second-order valence-corrected chi connectivity index (χ2v) is 5.00. The number of anilines is 1. The molecule has 1 aromatic carbocycles. The van der Waals surface area contributed by atoms with Gasteiger partial charge >= 0.3 is 0 Å². The first-order valence-corrected chi connectivity index (χ1v) is 6.46. The summed E-state index contributed by atoms with van der Waals surface area (Å²) >= 11 is 0. The van der Waals surface area contributed by atoms with Crippen molar-refractivity contribution in [3.63, 3.8) is 0 Å². The van der Waals surface area contributed by atoms with E-state index in [4.69, 9.17) is 0 Å². The van der Waals surface area contributed by atoms with Crippen molar-refractivity contribution in [2.24, 2.45) is 0 Å². The Morgan fingerprint density at radius 2 is 1.82 bits per heavy atom. The summed E-state index contributed by atoms with van der Waals surface area (Å²) in [6.45, 7) is 5.39. The summed E-state index contributed by atoms with van der Waals surface area (Å²) in [6.07, 6.45) is 2.51. The summed E-state index contributed by atoms with van der Waals surface area (Å²) < 4.78 is 0. The number of piperidine rings is 1. The maximum Gasteiger partial charge on any atom is 0.0655 e. The molecule has 1 saturated heterocycles. The summed E-state index contributed by atoms with van der Waals surface area (Å²) in [7, 11) is 2.20. The topological polar surface area (TPSA) is 27.3 Å². The molecule has 1 heterocycles. The van der Waals surface area contributed by atoms with E-state index in [0.29, 0.717) is 6.04 Å². The van der Waals surface area contributed by atoms with Crippen LogP contribution in [0.15, 0.2) is 24.3 Å². The third-order valence-corrected chi connectivity index (χ3v) is 3.45. The fourth-order valence-corrected chi connectivity index (χ4v) is 2.18. The van der Waals surface area contributed by atoms with Crippen LogP contribution in [0.4, 0.5) is 5.69 Å². The van der Waals surface area contributed by atoms with Crippen LogP contribution in [0, 0.1) is 6.92 Å². The van der Waals surface area contributed by atoms with Crippen molar-refractivity contribution in [3.8, 4) is 0 Å². The molecule has 17 heavy (non-hydrogen) atoms. The van der Waals surface area contributed by atoms with Crippen LogP contribution in [0.2, 0.25) is 0 Å². The number of hydrogen-bond donors (Lipinski definition) is 2. The largest absolute Gasteiger partial charge is 0.372 e. The molecule has 1 fully saturated rings. The van der Waals surface area contributed by atoms with Crippen molar-refractivity contribution >= 4 is 5.69 Å². The maximum absolute atomic E-state index is 3.57. The number of hydrogen-bond acceptors (Lipinski definition) is 3. The molecule has 0 saturated carbocycles. The van der Waals surface area contributed by atoms with Crippen molar-refractivity contribution in [2.45, 2.75) is 25.8 Å². The summed E-state index contributed by atoms with van der Waals surface area (Å²) in [5, 5.41) is 6.97. The summed E-state index contributed by atoms with van der Waals surface area (Å²) in [5.74, 6) is 0. The van der Waals surface area contributed by atoms with Gasteiger partial charge in [0.15, 0.2) is 0 Å². The van der Waals surface area contributed by atoms with Gasteiger partial charge in [0.2, 0.25) is 0 Å². The Balaban J connectivity index is 1.67. The van der Waals surface area contributed by atoms with Crippen molar-refractivity contribution < 1.29 is 0 Å². The van der Waals surface area contributed by atoms with E-state index in [-0.39, 0.29) is 0 Å². The van der Waals surface area contributed by atoms with Gasteiger partial charge in [-0.2, -0.15) is 0 Å². The summed E-state index contributed by atoms with van der Waals surface area (Å²) in [6, 6.07) is 9.21. The zero-order chi connectivity index (χ0) is 12.1. The minimum atomic E-state index is 0.671. The Labute approximate surface area is 104 Å². The molecule has 1 aliphatic rings. The first kappa shape index (κ1) is 12.4. The zero-order valence-electron chi connectivity index (χ0n) is 10.9. The SMILES string of the molecule is Cc1ccc(NCNC2CCN(C)CC2)cc1. The van der Waals surface area contributed by atoms with E-state index in [1.54, 1.807) is 0 Å². The van der Waals surface area contributed by atoms with Gasteiger partial charge in [-0.05, 0) is 52.0 Å². The van der Waals surface area contributed by atoms with Crippen LogP contribution < -0.4 is 10.6 Å². The molecule has 3 nitrogen and oxygen atoms in total. The van der Waals surface area contributed by atoms with Gasteiger partial charge in [0.25, 0.3) is 0 Å². The van der Waals surface area contributed by atoms with Crippen molar-refractivity contribution in [2.75, 3.05) is 32.1 Å². The zero-order valence-corrected chi connectivity index (χ0v) is 10.9. The molecule has 0 bridgehead atoms. The molecule has 94 valence electrons. The van der Waals surface area contributed by atoms with E-state index in [1.165, 1.54) is 37.2 Å². The molecule has 2 rings (SSSR count). The van der Waals surface area contributed by atoms with Gasteiger partial charge < -0.3 is 10.2 Å². The lowest BCUT2D eigenvalue weighted by Gasteiger charge is -2.29. The Bertz CT molecular complexity index is 326. The summed E-state index contributed by atoms with van der Waals surface area (Å²) in [5.41, 5.74) is 2.50. The number of nitrogens with one attached hydrogen (secondary N) is 2. The monoisotopic (exact) mass is 233 g/mol. The van der Waals surface area contributed by atoms with Crippen LogP contribution in [-0.2, 0) is 0 Å². The first-order valence-electron chi connectivity index (χ1n) is 6.46. The van der Waals surface area contributed by atoms with Crippen LogP contribution in [0.1, 0.15) is 18.4 Å². The number of nitrogens with zero attached hydrogens (tertiary/aromatic N) is 1. The van der Waals surface area contributed by atoms with E-state index < -0.39 is 0 Å². The van der Waals surface area contributed by atoms with Crippen LogP contribution >= 0.6 is 0 Å². The van der Waals surface area contributed by atoms with E-state index in [9.17, 15) is 0 Å². The molecule has 3 heteroatoms. The second kappa shape index (κ2) is 6.03.